The molecule has 188 valence electrons. The van der Waals surface area contributed by atoms with Gasteiger partial charge in [0.2, 0.25) is 15.9 Å². The maximum Gasteiger partial charge on any atom is 0.304 e. The first-order valence-electron chi connectivity index (χ1n) is 12.0. The highest BCUT2D eigenvalue weighted by Crippen LogP contribution is 2.53. The Morgan fingerprint density at radius 1 is 1.26 bits per heavy atom. The van der Waals surface area contributed by atoms with Crippen LogP contribution in [0.5, 0.6) is 0 Å². The van der Waals surface area contributed by atoms with E-state index in [0.29, 0.717) is 6.42 Å². The zero-order chi connectivity index (χ0) is 24.8. The van der Waals surface area contributed by atoms with Crippen molar-refractivity contribution in [2.45, 2.75) is 95.9 Å². The molecular formula is C24H36N4O5S. The molecule has 0 aliphatic heterocycles. The molecule has 0 unspecified atom stereocenters. The van der Waals surface area contributed by atoms with Crippen molar-refractivity contribution in [3.05, 3.63) is 36.2 Å². The van der Waals surface area contributed by atoms with Gasteiger partial charge in [-0.2, -0.15) is 4.98 Å². The molecule has 0 aromatic carbocycles. The summed E-state index contributed by atoms with van der Waals surface area (Å²) >= 11 is 0. The van der Waals surface area contributed by atoms with Gasteiger partial charge in [-0.25, -0.2) is 13.1 Å². The van der Waals surface area contributed by atoms with E-state index in [0.717, 1.165) is 12.8 Å². The van der Waals surface area contributed by atoms with E-state index in [1.807, 2.05) is 0 Å². The van der Waals surface area contributed by atoms with E-state index >= 15 is 0 Å². The third-order valence-corrected chi connectivity index (χ3v) is 8.62. The van der Waals surface area contributed by atoms with Crippen LogP contribution >= 0.6 is 0 Å². The Hall–Kier alpha value is -2.33. The van der Waals surface area contributed by atoms with E-state index in [2.05, 4.69) is 40.6 Å². The van der Waals surface area contributed by atoms with E-state index in [9.17, 15) is 18.3 Å². The van der Waals surface area contributed by atoms with Gasteiger partial charge in [-0.3, -0.25) is 9.78 Å². The highest BCUT2D eigenvalue weighted by Gasteiger charge is 2.42. The SMILES string of the molecule is CC(C)(C)C1(CCC[C@H](CC(=O)O)c2nc(CNS(=O)(=O)c3cccnc3)no2)CCCCC1. The Morgan fingerprint density at radius 2 is 2.00 bits per heavy atom. The van der Waals surface area contributed by atoms with E-state index in [1.54, 1.807) is 0 Å². The van der Waals surface area contributed by atoms with Gasteiger partial charge < -0.3 is 9.63 Å². The monoisotopic (exact) mass is 492 g/mol. The molecule has 1 saturated carbocycles. The van der Waals surface area contributed by atoms with Crippen molar-refractivity contribution in [2.75, 3.05) is 0 Å². The maximum absolute atomic E-state index is 12.4. The van der Waals surface area contributed by atoms with Gasteiger partial charge in [0.15, 0.2) is 5.82 Å². The second-order valence-corrected chi connectivity index (χ2v) is 12.1. The van der Waals surface area contributed by atoms with Gasteiger partial charge in [0.25, 0.3) is 0 Å². The Kier molecular flexibility index (Phi) is 8.46. The summed E-state index contributed by atoms with van der Waals surface area (Å²) in [5.74, 6) is -0.928. The van der Waals surface area contributed by atoms with E-state index in [4.69, 9.17) is 4.52 Å². The van der Waals surface area contributed by atoms with Gasteiger partial charge in [-0.15, -0.1) is 0 Å². The fourth-order valence-corrected chi connectivity index (χ4v) is 6.01. The molecule has 2 N–H and O–H groups in total. The Labute approximate surface area is 201 Å². The average molecular weight is 493 g/mol. The van der Waals surface area contributed by atoms with Crippen LogP contribution in [0.3, 0.4) is 0 Å². The van der Waals surface area contributed by atoms with E-state index < -0.39 is 21.9 Å². The number of nitrogens with one attached hydrogen (secondary N) is 1. The summed E-state index contributed by atoms with van der Waals surface area (Å²) in [7, 11) is -3.76. The molecule has 34 heavy (non-hydrogen) atoms. The molecule has 0 saturated heterocycles. The number of aliphatic carboxylic acids is 1. The van der Waals surface area contributed by atoms with Gasteiger partial charge in [0.1, 0.15) is 4.90 Å². The first kappa shape index (κ1) is 26.3. The smallest absolute Gasteiger partial charge is 0.304 e. The van der Waals surface area contributed by atoms with Crippen LogP contribution in [0.2, 0.25) is 0 Å². The van der Waals surface area contributed by atoms with Crippen LogP contribution in [0.25, 0.3) is 0 Å². The molecule has 0 spiro atoms. The fraction of sp³-hybridized carbons (Fsp3) is 0.667. The predicted molar refractivity (Wildman–Crippen MR) is 126 cm³/mol. The number of hydrogen-bond acceptors (Lipinski definition) is 7. The van der Waals surface area contributed by atoms with Crippen molar-refractivity contribution in [1.82, 2.24) is 19.8 Å². The largest absolute Gasteiger partial charge is 0.481 e. The van der Waals surface area contributed by atoms with Gasteiger partial charge in [0.05, 0.1) is 13.0 Å². The number of sulfonamides is 1. The third-order valence-electron chi connectivity index (χ3n) is 7.23. The molecule has 0 bridgehead atoms. The summed E-state index contributed by atoms with van der Waals surface area (Å²) in [5, 5.41) is 13.3. The van der Waals surface area contributed by atoms with Crippen molar-refractivity contribution >= 4 is 16.0 Å². The summed E-state index contributed by atoms with van der Waals surface area (Å²) in [4.78, 5) is 19.7. The van der Waals surface area contributed by atoms with Crippen LogP contribution in [0.1, 0.15) is 96.2 Å². The second kappa shape index (κ2) is 10.9. The van der Waals surface area contributed by atoms with E-state index in [-0.39, 0.29) is 40.4 Å². The molecule has 9 nitrogen and oxygen atoms in total. The third kappa shape index (κ3) is 6.63. The lowest BCUT2D eigenvalue weighted by molar-refractivity contribution is -0.137. The molecule has 0 amide bonds. The van der Waals surface area contributed by atoms with Gasteiger partial charge >= 0.3 is 5.97 Å². The molecule has 3 rings (SSSR count). The Bertz CT molecular complexity index is 1040. The minimum Gasteiger partial charge on any atom is -0.481 e. The summed E-state index contributed by atoms with van der Waals surface area (Å²) in [6, 6.07) is 2.98. The molecular weight excluding hydrogens is 456 g/mol. The number of pyridine rings is 1. The Morgan fingerprint density at radius 3 is 2.62 bits per heavy atom. The molecule has 2 heterocycles. The minimum atomic E-state index is -3.76. The van der Waals surface area contributed by atoms with Crippen molar-refractivity contribution in [3.8, 4) is 0 Å². The quantitative estimate of drug-likeness (QED) is 0.462. The maximum atomic E-state index is 12.4. The summed E-state index contributed by atoms with van der Waals surface area (Å²) in [6.45, 7) is 6.77. The van der Waals surface area contributed by atoms with Gasteiger partial charge in [-0.05, 0) is 48.6 Å². The molecule has 2 aromatic heterocycles. The zero-order valence-electron chi connectivity index (χ0n) is 20.3. The first-order valence-corrected chi connectivity index (χ1v) is 13.4. The lowest BCUT2D eigenvalue weighted by Gasteiger charge is -2.48. The number of aromatic nitrogens is 3. The van der Waals surface area contributed by atoms with Crippen molar-refractivity contribution in [1.29, 1.82) is 0 Å². The minimum absolute atomic E-state index is 0.0398. The molecule has 1 aliphatic rings. The molecule has 2 aromatic rings. The fourth-order valence-electron chi connectivity index (χ4n) is 5.07. The van der Waals surface area contributed by atoms with E-state index in [1.165, 1.54) is 56.6 Å². The standard InChI is InChI=1S/C24H36N4O5S/c1-23(2,3)24(11-5-4-6-12-24)13-7-9-18(15-21(29)30)22-27-20(28-33-22)17-26-34(31,32)19-10-8-14-25-16-19/h8,10,14,16,18,26H,4-7,9,11-13,15,17H2,1-3H3,(H,29,30)/t18-/m1/s1. The number of hydrogen-bond donors (Lipinski definition) is 2. The first-order chi connectivity index (χ1) is 16.0. The van der Waals surface area contributed by atoms with Crippen LogP contribution in [0.15, 0.2) is 33.9 Å². The number of nitrogens with zero attached hydrogens (tertiary/aromatic N) is 3. The summed E-state index contributed by atoms with van der Waals surface area (Å²) in [6.07, 6.45) is 11.4. The van der Waals surface area contributed by atoms with Gasteiger partial charge in [0, 0.05) is 18.3 Å². The second-order valence-electron chi connectivity index (χ2n) is 10.3. The van der Waals surface area contributed by atoms with Crippen molar-refractivity contribution in [2.24, 2.45) is 10.8 Å². The Balaban J connectivity index is 1.64. The summed E-state index contributed by atoms with van der Waals surface area (Å²) < 4.78 is 32.5. The molecule has 1 fully saturated rings. The normalized spacial score (nSPS) is 17.4. The highest BCUT2D eigenvalue weighted by molar-refractivity contribution is 7.89. The van der Waals surface area contributed by atoms with Crippen LogP contribution in [-0.4, -0.2) is 34.6 Å². The predicted octanol–water partition coefficient (Wildman–Crippen LogP) is 4.67. The molecule has 10 heteroatoms. The van der Waals surface area contributed by atoms with Crippen LogP contribution < -0.4 is 4.72 Å². The van der Waals surface area contributed by atoms with Gasteiger partial charge in [-0.1, -0.05) is 51.6 Å². The lowest BCUT2D eigenvalue weighted by Crippen LogP contribution is -2.37. The number of carboxylic acid groups (broad SMARTS) is 1. The van der Waals surface area contributed by atoms with Crippen LogP contribution in [0, 0.1) is 10.8 Å². The molecule has 1 aliphatic carbocycles. The van der Waals surface area contributed by atoms with Crippen LogP contribution in [0.4, 0.5) is 0 Å². The number of carboxylic acids is 1. The zero-order valence-corrected chi connectivity index (χ0v) is 21.1. The van der Waals surface area contributed by atoms with Crippen molar-refractivity contribution < 1.29 is 22.8 Å². The van der Waals surface area contributed by atoms with Crippen molar-refractivity contribution in [3.63, 3.8) is 0 Å². The number of carbonyl (C=O) groups is 1. The highest BCUT2D eigenvalue weighted by atomic mass is 32.2. The lowest BCUT2D eigenvalue weighted by atomic mass is 9.57. The average Bonchev–Trinajstić information content (AvgIpc) is 3.26. The molecule has 0 radical (unpaired) electrons. The number of rotatable bonds is 11. The molecule has 1 atom stereocenters. The van der Waals surface area contributed by atoms with Crippen LogP contribution in [-0.2, 0) is 21.4 Å². The topological polar surface area (TPSA) is 135 Å². The summed E-state index contributed by atoms with van der Waals surface area (Å²) in [5.41, 5.74) is 0.461.